The van der Waals surface area contributed by atoms with Crippen LogP contribution in [-0.2, 0) is 11.2 Å². The third-order valence-electron chi connectivity index (χ3n) is 2.42. The van der Waals surface area contributed by atoms with Crippen molar-refractivity contribution in [1.29, 1.82) is 0 Å². The van der Waals surface area contributed by atoms with Gasteiger partial charge in [-0.15, -0.1) is 0 Å². The summed E-state index contributed by atoms with van der Waals surface area (Å²) in [6.07, 6.45) is 11.7. The number of aliphatic hydroxyl groups is 2. The molecule has 116 valence electrons. The standard InChI is InChI=1S/C14H18O2.C4H8O/c15-11-6-1-2-7-12-16-13-10-14-8-4-3-5-9-14;1-2-3-4-5/h1-9,15H,10-13H2;2-3,5H,4H2,1H3/b6-1+,7-2+;3-2-. The fourth-order valence-electron chi connectivity index (χ4n) is 1.37. The van der Waals surface area contributed by atoms with Crippen molar-refractivity contribution in [2.24, 2.45) is 0 Å². The second kappa shape index (κ2) is 16.4. The predicted molar refractivity (Wildman–Crippen MR) is 88.2 cm³/mol. The number of allylic oxidation sites excluding steroid dienone is 3. The minimum absolute atomic E-state index is 0.0825. The highest BCUT2D eigenvalue weighted by Gasteiger charge is 1.89. The van der Waals surface area contributed by atoms with Crippen LogP contribution >= 0.6 is 0 Å². The molecule has 0 aliphatic heterocycles. The summed E-state index contributed by atoms with van der Waals surface area (Å²) in [4.78, 5) is 0. The Morgan fingerprint density at radius 3 is 2.19 bits per heavy atom. The van der Waals surface area contributed by atoms with E-state index in [4.69, 9.17) is 14.9 Å². The highest BCUT2D eigenvalue weighted by Crippen LogP contribution is 1.99. The molecule has 0 aliphatic rings. The lowest BCUT2D eigenvalue weighted by atomic mass is 10.2. The minimum Gasteiger partial charge on any atom is -0.392 e. The molecule has 0 fully saturated rings. The minimum atomic E-state index is 0.0825. The molecule has 0 spiro atoms. The molecule has 3 heteroatoms. The fourth-order valence-corrected chi connectivity index (χ4v) is 1.37. The van der Waals surface area contributed by atoms with Crippen molar-refractivity contribution in [1.82, 2.24) is 0 Å². The molecule has 0 heterocycles. The number of hydrogen-bond donors (Lipinski definition) is 2. The topological polar surface area (TPSA) is 49.7 Å². The maximum absolute atomic E-state index is 8.48. The second-order valence-electron chi connectivity index (χ2n) is 4.10. The van der Waals surface area contributed by atoms with Gasteiger partial charge in [0.25, 0.3) is 0 Å². The molecular weight excluding hydrogens is 264 g/mol. The van der Waals surface area contributed by atoms with E-state index < -0.39 is 0 Å². The van der Waals surface area contributed by atoms with Crippen molar-refractivity contribution in [3.8, 4) is 0 Å². The Morgan fingerprint density at radius 1 is 0.952 bits per heavy atom. The van der Waals surface area contributed by atoms with E-state index in [9.17, 15) is 0 Å². The normalized spacial score (nSPS) is 11.2. The largest absolute Gasteiger partial charge is 0.392 e. The van der Waals surface area contributed by atoms with Gasteiger partial charge in [0, 0.05) is 0 Å². The Morgan fingerprint density at radius 2 is 1.62 bits per heavy atom. The van der Waals surface area contributed by atoms with Crippen LogP contribution in [0.3, 0.4) is 0 Å². The molecule has 0 aliphatic carbocycles. The Hall–Kier alpha value is -1.68. The van der Waals surface area contributed by atoms with Gasteiger partial charge in [-0.3, -0.25) is 0 Å². The third-order valence-corrected chi connectivity index (χ3v) is 2.42. The lowest BCUT2D eigenvalue weighted by molar-refractivity contribution is 0.166. The Labute approximate surface area is 127 Å². The molecule has 0 bridgehead atoms. The summed E-state index contributed by atoms with van der Waals surface area (Å²) >= 11 is 0. The average Bonchev–Trinajstić information content (AvgIpc) is 2.52. The van der Waals surface area contributed by atoms with E-state index in [2.05, 4.69) is 12.1 Å². The van der Waals surface area contributed by atoms with Gasteiger partial charge in [-0.05, 0) is 18.9 Å². The van der Waals surface area contributed by atoms with Crippen LogP contribution in [0, 0.1) is 0 Å². The van der Waals surface area contributed by atoms with Crippen molar-refractivity contribution >= 4 is 0 Å². The molecule has 2 N–H and O–H groups in total. The summed E-state index contributed by atoms with van der Waals surface area (Å²) in [5.74, 6) is 0. The molecule has 0 aromatic heterocycles. The molecule has 0 radical (unpaired) electrons. The van der Waals surface area contributed by atoms with Crippen LogP contribution in [0.25, 0.3) is 0 Å². The highest BCUT2D eigenvalue weighted by atomic mass is 16.5. The molecule has 0 atom stereocenters. The Bertz CT molecular complexity index is 394. The molecule has 21 heavy (non-hydrogen) atoms. The summed E-state index contributed by atoms with van der Waals surface area (Å²) in [5.41, 5.74) is 1.30. The van der Waals surface area contributed by atoms with E-state index in [1.165, 1.54) is 5.56 Å². The summed E-state index contributed by atoms with van der Waals surface area (Å²) in [6, 6.07) is 10.3. The molecular formula is C18H26O3. The molecule has 0 unspecified atom stereocenters. The number of benzene rings is 1. The molecule has 0 amide bonds. The van der Waals surface area contributed by atoms with Crippen molar-refractivity contribution in [3.05, 3.63) is 72.4 Å². The monoisotopic (exact) mass is 290 g/mol. The van der Waals surface area contributed by atoms with E-state index in [-0.39, 0.29) is 13.2 Å². The lowest BCUT2D eigenvalue weighted by Gasteiger charge is -2.00. The first-order chi connectivity index (χ1) is 10.3. The van der Waals surface area contributed by atoms with Crippen molar-refractivity contribution in [2.45, 2.75) is 13.3 Å². The van der Waals surface area contributed by atoms with Gasteiger partial charge < -0.3 is 14.9 Å². The van der Waals surface area contributed by atoms with Crippen molar-refractivity contribution in [3.63, 3.8) is 0 Å². The first kappa shape index (κ1) is 19.3. The fraction of sp³-hybridized carbons (Fsp3) is 0.333. The van der Waals surface area contributed by atoms with Crippen LogP contribution in [0.5, 0.6) is 0 Å². The number of aliphatic hydroxyl groups excluding tert-OH is 2. The highest BCUT2D eigenvalue weighted by molar-refractivity contribution is 5.14. The van der Waals surface area contributed by atoms with Crippen LogP contribution < -0.4 is 0 Å². The van der Waals surface area contributed by atoms with Crippen LogP contribution in [-0.4, -0.2) is 36.6 Å². The van der Waals surface area contributed by atoms with Crippen molar-refractivity contribution in [2.75, 3.05) is 26.4 Å². The van der Waals surface area contributed by atoms with Gasteiger partial charge >= 0.3 is 0 Å². The van der Waals surface area contributed by atoms with E-state index >= 15 is 0 Å². The average molecular weight is 290 g/mol. The zero-order valence-electron chi connectivity index (χ0n) is 12.7. The predicted octanol–water partition coefficient (Wildman–Crippen LogP) is 2.91. The second-order valence-corrected chi connectivity index (χ2v) is 4.10. The van der Waals surface area contributed by atoms with Crippen LogP contribution in [0.1, 0.15) is 12.5 Å². The molecule has 1 rings (SSSR count). The smallest absolute Gasteiger partial charge is 0.0650 e. The van der Waals surface area contributed by atoms with Crippen LogP contribution in [0.2, 0.25) is 0 Å². The van der Waals surface area contributed by atoms with Crippen LogP contribution in [0.4, 0.5) is 0 Å². The lowest BCUT2D eigenvalue weighted by Crippen LogP contribution is -1.98. The molecule has 3 nitrogen and oxygen atoms in total. The summed E-state index contributed by atoms with van der Waals surface area (Å²) in [5, 5.41) is 16.5. The molecule has 1 aromatic rings. The maximum atomic E-state index is 8.48. The quantitative estimate of drug-likeness (QED) is 0.440. The molecule has 0 saturated heterocycles. The van der Waals surface area contributed by atoms with Crippen molar-refractivity contribution < 1.29 is 14.9 Å². The van der Waals surface area contributed by atoms with E-state index in [0.29, 0.717) is 6.61 Å². The van der Waals surface area contributed by atoms with E-state index in [1.807, 2.05) is 37.3 Å². The number of hydrogen-bond acceptors (Lipinski definition) is 3. The van der Waals surface area contributed by atoms with Gasteiger partial charge in [0.1, 0.15) is 0 Å². The van der Waals surface area contributed by atoms with Gasteiger partial charge in [0.2, 0.25) is 0 Å². The number of ether oxygens (including phenoxy) is 1. The van der Waals surface area contributed by atoms with E-state index in [0.717, 1.165) is 13.0 Å². The number of rotatable bonds is 8. The van der Waals surface area contributed by atoms with Gasteiger partial charge in [-0.2, -0.15) is 0 Å². The SMILES string of the molecule is C/C=C\CO.OC/C=C/C=C/COCCc1ccccc1. The van der Waals surface area contributed by atoms with Gasteiger partial charge in [0.05, 0.1) is 26.4 Å². The maximum Gasteiger partial charge on any atom is 0.0650 e. The molecule has 1 aromatic carbocycles. The van der Waals surface area contributed by atoms with Crippen LogP contribution in [0.15, 0.2) is 66.8 Å². The Kier molecular flexibility index (Phi) is 15.1. The van der Waals surface area contributed by atoms with E-state index in [1.54, 1.807) is 24.3 Å². The zero-order chi connectivity index (χ0) is 15.6. The Balaban J connectivity index is 0.000000690. The molecule has 0 saturated carbocycles. The zero-order valence-corrected chi connectivity index (χ0v) is 12.7. The summed E-state index contributed by atoms with van der Waals surface area (Å²) in [7, 11) is 0. The third kappa shape index (κ3) is 14.5. The summed E-state index contributed by atoms with van der Waals surface area (Å²) in [6.45, 7) is 3.46. The van der Waals surface area contributed by atoms with Gasteiger partial charge in [-0.25, -0.2) is 0 Å². The van der Waals surface area contributed by atoms with Gasteiger partial charge in [-0.1, -0.05) is 66.8 Å². The first-order valence-corrected chi connectivity index (χ1v) is 7.11. The first-order valence-electron chi connectivity index (χ1n) is 7.11. The summed E-state index contributed by atoms with van der Waals surface area (Å²) < 4.78 is 5.43. The van der Waals surface area contributed by atoms with Gasteiger partial charge in [0.15, 0.2) is 0 Å².